The van der Waals surface area contributed by atoms with Crippen LogP contribution in [0.25, 0.3) is 0 Å². The van der Waals surface area contributed by atoms with Crippen LogP contribution in [0.2, 0.25) is 0 Å². The van der Waals surface area contributed by atoms with Gasteiger partial charge in [-0.05, 0) is 6.42 Å². The maximum atomic E-state index is 11.8. The zero-order chi connectivity index (χ0) is 22.5. The van der Waals surface area contributed by atoms with E-state index in [2.05, 4.69) is 0 Å². The van der Waals surface area contributed by atoms with Crippen LogP contribution in [0.15, 0.2) is 0 Å². The minimum absolute atomic E-state index is 0.176. The molecule has 2 aliphatic rings. The molecule has 7 N–H and O–H groups in total. The lowest BCUT2D eigenvalue weighted by Crippen LogP contribution is -2.62. The van der Waals surface area contributed by atoms with Crippen molar-refractivity contribution in [1.82, 2.24) is 0 Å². The Hall–Kier alpha value is -0.930. The summed E-state index contributed by atoms with van der Waals surface area (Å²) in [6.45, 7) is -0.122. The molecule has 0 radical (unpaired) electrons. The van der Waals surface area contributed by atoms with Gasteiger partial charge < -0.3 is 54.7 Å². The van der Waals surface area contributed by atoms with Gasteiger partial charge in [0.05, 0.1) is 6.61 Å². The van der Waals surface area contributed by atoms with Gasteiger partial charge in [-0.3, -0.25) is 4.79 Å². The molecule has 0 aromatic heterocycles. The number of carbonyl (C=O) groups is 1. The van der Waals surface area contributed by atoms with Crippen LogP contribution in [-0.2, 0) is 23.7 Å². The average Bonchev–Trinajstić information content (AvgIpc) is 2.98. The molecule has 2 fully saturated rings. The maximum absolute atomic E-state index is 11.8. The van der Waals surface area contributed by atoms with Crippen molar-refractivity contribution in [3.63, 3.8) is 0 Å². The Morgan fingerprint density at radius 1 is 0.967 bits per heavy atom. The zero-order valence-electron chi connectivity index (χ0n) is 16.7. The molecule has 0 aliphatic carbocycles. The molecule has 2 aliphatic heterocycles. The first-order valence-corrected chi connectivity index (χ1v) is 9.99. The van der Waals surface area contributed by atoms with E-state index in [9.17, 15) is 40.5 Å². The Morgan fingerprint density at radius 2 is 1.67 bits per heavy atom. The topological polar surface area (TPSA) is 196 Å². The number of aliphatic hydroxyl groups is 7. The quantitative estimate of drug-likeness (QED) is 0.132. The van der Waals surface area contributed by atoms with Crippen LogP contribution in [-0.4, -0.2) is 116 Å². The first-order valence-electron chi connectivity index (χ1n) is 9.99. The fourth-order valence-electron chi connectivity index (χ4n) is 3.38. The highest BCUT2D eigenvalue weighted by molar-refractivity contribution is 5.69. The summed E-state index contributed by atoms with van der Waals surface area (Å²) >= 11 is 0. The van der Waals surface area contributed by atoms with Gasteiger partial charge in [0.1, 0.15) is 55.9 Å². The summed E-state index contributed by atoms with van der Waals surface area (Å²) in [7, 11) is 0. The van der Waals surface area contributed by atoms with Crippen molar-refractivity contribution in [2.24, 2.45) is 0 Å². The Morgan fingerprint density at radius 3 is 2.23 bits per heavy atom. The smallest absolute Gasteiger partial charge is 0.305 e. The third-order valence-electron chi connectivity index (χ3n) is 5.28. The summed E-state index contributed by atoms with van der Waals surface area (Å²) in [5.41, 5.74) is 0. The molecule has 2 rings (SSSR count). The molecular formula is C18H32O12. The number of carbonyl (C=O) groups excluding carboxylic acids is 1. The highest BCUT2D eigenvalue weighted by Gasteiger charge is 2.58. The molecule has 9 atom stereocenters. The standard InChI is InChI=1S/C18H32O12/c1-2-3-4-5-11(21)27-7-10-12(22)14(24)15(25)17(28-10)30-18(8-20)16(26)13(23)9(6-19)29-18/h9-10,12-17,19-20,22-26H,2-8H2,1H3/t9-,10-,12-,13-,14+,15-,16+,17-,18+/m1/s1. The zero-order valence-corrected chi connectivity index (χ0v) is 16.7. The second-order valence-electron chi connectivity index (χ2n) is 7.52. The van der Waals surface area contributed by atoms with Gasteiger partial charge in [0.2, 0.25) is 5.79 Å². The minimum atomic E-state index is -2.26. The molecule has 0 spiro atoms. The lowest BCUT2D eigenvalue weighted by atomic mass is 9.99. The largest absolute Gasteiger partial charge is 0.463 e. The number of hydrogen-bond donors (Lipinski definition) is 7. The van der Waals surface area contributed by atoms with Crippen LogP contribution in [0.3, 0.4) is 0 Å². The molecule has 0 bridgehead atoms. The lowest BCUT2D eigenvalue weighted by Gasteiger charge is -2.43. The van der Waals surface area contributed by atoms with E-state index in [1.807, 2.05) is 6.92 Å². The van der Waals surface area contributed by atoms with Gasteiger partial charge in [-0.25, -0.2) is 0 Å². The van der Waals surface area contributed by atoms with Crippen molar-refractivity contribution in [2.45, 2.75) is 87.4 Å². The number of hydrogen-bond acceptors (Lipinski definition) is 12. The molecule has 2 heterocycles. The van der Waals surface area contributed by atoms with Crippen molar-refractivity contribution < 1.29 is 59.5 Å². The molecule has 176 valence electrons. The van der Waals surface area contributed by atoms with Crippen LogP contribution < -0.4 is 0 Å². The summed E-state index contributed by atoms with van der Waals surface area (Å²) in [6, 6.07) is 0. The second kappa shape index (κ2) is 11.1. The second-order valence-corrected chi connectivity index (χ2v) is 7.52. The molecule has 0 saturated carbocycles. The molecule has 30 heavy (non-hydrogen) atoms. The average molecular weight is 440 g/mol. The molecule has 0 aromatic carbocycles. The predicted molar refractivity (Wildman–Crippen MR) is 96.7 cm³/mol. The monoisotopic (exact) mass is 440 g/mol. The van der Waals surface area contributed by atoms with Gasteiger partial charge in [0.15, 0.2) is 6.29 Å². The lowest BCUT2D eigenvalue weighted by molar-refractivity contribution is -0.383. The van der Waals surface area contributed by atoms with E-state index in [4.69, 9.17) is 18.9 Å². The molecule has 0 unspecified atom stereocenters. The predicted octanol–water partition coefficient (Wildman–Crippen LogP) is -3.26. The highest BCUT2D eigenvalue weighted by atomic mass is 16.8. The fraction of sp³-hybridized carbons (Fsp3) is 0.944. The maximum Gasteiger partial charge on any atom is 0.305 e. The first kappa shape index (κ1) is 25.3. The number of esters is 1. The van der Waals surface area contributed by atoms with Crippen molar-refractivity contribution in [3.05, 3.63) is 0 Å². The van der Waals surface area contributed by atoms with E-state index in [0.29, 0.717) is 6.42 Å². The Kier molecular flexibility index (Phi) is 9.36. The van der Waals surface area contributed by atoms with E-state index in [1.165, 1.54) is 0 Å². The van der Waals surface area contributed by atoms with Gasteiger partial charge in [-0.15, -0.1) is 0 Å². The molecular weight excluding hydrogens is 408 g/mol. The van der Waals surface area contributed by atoms with Crippen LogP contribution in [0.5, 0.6) is 0 Å². The Labute approximate surface area is 173 Å². The SMILES string of the molecule is CCCCCC(=O)OC[C@H]1O[C@H](O[C@]2(CO)O[C@H](CO)[C@@H](O)[C@@H]2O)[C@H](O)[C@@H](O)[C@@H]1O. The van der Waals surface area contributed by atoms with Gasteiger partial charge in [-0.2, -0.15) is 0 Å². The Bertz CT molecular complexity index is 547. The van der Waals surface area contributed by atoms with Crippen molar-refractivity contribution in [1.29, 1.82) is 0 Å². The molecule has 12 heteroatoms. The summed E-state index contributed by atoms with van der Waals surface area (Å²) < 4.78 is 21.0. The van der Waals surface area contributed by atoms with Crippen molar-refractivity contribution in [3.8, 4) is 0 Å². The fourth-order valence-corrected chi connectivity index (χ4v) is 3.38. The van der Waals surface area contributed by atoms with E-state index >= 15 is 0 Å². The summed E-state index contributed by atoms with van der Waals surface area (Å²) in [6.07, 6.45) is -10.3. The number of rotatable bonds is 10. The van der Waals surface area contributed by atoms with Crippen molar-refractivity contribution in [2.75, 3.05) is 19.8 Å². The van der Waals surface area contributed by atoms with Crippen LogP contribution >= 0.6 is 0 Å². The van der Waals surface area contributed by atoms with Crippen LogP contribution in [0, 0.1) is 0 Å². The normalized spacial score (nSPS) is 41.7. The third-order valence-corrected chi connectivity index (χ3v) is 5.28. The van der Waals surface area contributed by atoms with E-state index in [0.717, 1.165) is 12.8 Å². The van der Waals surface area contributed by atoms with Crippen LogP contribution in [0.4, 0.5) is 0 Å². The van der Waals surface area contributed by atoms with Gasteiger partial charge in [-0.1, -0.05) is 19.8 Å². The number of aliphatic hydroxyl groups excluding tert-OH is 7. The van der Waals surface area contributed by atoms with Crippen molar-refractivity contribution >= 4 is 5.97 Å². The molecule has 0 amide bonds. The molecule has 0 aromatic rings. The summed E-state index contributed by atoms with van der Waals surface area (Å²) in [5, 5.41) is 69.5. The molecule has 12 nitrogen and oxygen atoms in total. The molecule has 2 saturated heterocycles. The third kappa shape index (κ3) is 5.46. The minimum Gasteiger partial charge on any atom is -0.463 e. The van der Waals surface area contributed by atoms with Crippen LogP contribution in [0.1, 0.15) is 32.6 Å². The summed E-state index contributed by atoms with van der Waals surface area (Å²) in [5.74, 6) is -2.78. The number of ether oxygens (including phenoxy) is 4. The van der Waals surface area contributed by atoms with E-state index in [1.54, 1.807) is 0 Å². The van der Waals surface area contributed by atoms with Gasteiger partial charge >= 0.3 is 5.97 Å². The van der Waals surface area contributed by atoms with E-state index in [-0.39, 0.29) is 6.42 Å². The Balaban J connectivity index is 2.04. The van der Waals surface area contributed by atoms with Gasteiger partial charge in [0.25, 0.3) is 0 Å². The van der Waals surface area contributed by atoms with Gasteiger partial charge in [0, 0.05) is 6.42 Å². The first-order chi connectivity index (χ1) is 14.2. The number of unbranched alkanes of at least 4 members (excludes halogenated alkanes) is 2. The van der Waals surface area contributed by atoms with E-state index < -0.39 is 80.6 Å². The summed E-state index contributed by atoms with van der Waals surface area (Å²) in [4.78, 5) is 11.8. The highest BCUT2D eigenvalue weighted by Crippen LogP contribution is 2.36.